The zero-order chi connectivity index (χ0) is 20.6. The van der Waals surface area contributed by atoms with E-state index in [0.29, 0.717) is 17.0 Å². The molecule has 6 nitrogen and oxygen atoms in total. The van der Waals surface area contributed by atoms with Gasteiger partial charge >= 0.3 is 0 Å². The number of aryl methyl sites for hydroxylation is 1. The minimum atomic E-state index is -3.84. The largest absolute Gasteiger partial charge is 0.279 e. The molecule has 0 bridgehead atoms. The van der Waals surface area contributed by atoms with Crippen LogP contribution in [0.15, 0.2) is 46.2 Å². The third-order valence-electron chi connectivity index (χ3n) is 4.52. The molecule has 0 saturated heterocycles. The first-order valence-electron chi connectivity index (χ1n) is 8.53. The molecule has 0 unspecified atom stereocenters. The Hall–Kier alpha value is -1.90. The Kier molecular flexibility index (Phi) is 6.03. The van der Waals surface area contributed by atoms with Crippen LogP contribution in [0.2, 0.25) is 0 Å². The average Bonchev–Trinajstić information content (AvgIpc) is 2.58. The van der Waals surface area contributed by atoms with E-state index in [9.17, 15) is 16.8 Å². The second-order valence-electron chi connectivity index (χ2n) is 7.03. The van der Waals surface area contributed by atoms with Crippen LogP contribution in [0.25, 0.3) is 0 Å². The molecule has 0 fully saturated rings. The van der Waals surface area contributed by atoms with Crippen molar-refractivity contribution in [2.75, 3.05) is 18.8 Å². The minimum absolute atomic E-state index is 0.0449. The second kappa shape index (κ2) is 7.61. The molecule has 148 valence electrons. The number of sulfonamides is 2. The van der Waals surface area contributed by atoms with E-state index in [-0.39, 0.29) is 15.5 Å². The maximum Gasteiger partial charge on any atom is 0.261 e. The Balaban J connectivity index is 2.48. The fourth-order valence-corrected chi connectivity index (χ4v) is 4.66. The Labute approximate surface area is 162 Å². The third kappa shape index (κ3) is 4.51. The van der Waals surface area contributed by atoms with Gasteiger partial charge in [0.15, 0.2) is 0 Å². The molecule has 0 aliphatic carbocycles. The Morgan fingerprint density at radius 3 is 1.93 bits per heavy atom. The van der Waals surface area contributed by atoms with E-state index >= 15 is 0 Å². The van der Waals surface area contributed by atoms with Gasteiger partial charge < -0.3 is 0 Å². The highest BCUT2D eigenvalue weighted by Gasteiger charge is 2.22. The quantitative estimate of drug-likeness (QED) is 0.790. The van der Waals surface area contributed by atoms with Crippen LogP contribution in [0.5, 0.6) is 0 Å². The van der Waals surface area contributed by atoms with Crippen molar-refractivity contribution in [1.29, 1.82) is 0 Å². The summed E-state index contributed by atoms with van der Waals surface area (Å²) in [4.78, 5) is 0.174. The first kappa shape index (κ1) is 21.4. The van der Waals surface area contributed by atoms with Gasteiger partial charge in [0, 0.05) is 14.1 Å². The fraction of sp³-hybridized carbons (Fsp3) is 0.368. The van der Waals surface area contributed by atoms with Gasteiger partial charge in [0.05, 0.1) is 15.5 Å². The summed E-state index contributed by atoms with van der Waals surface area (Å²) in [7, 11) is -4.64. The van der Waals surface area contributed by atoms with E-state index in [1.165, 1.54) is 20.2 Å². The van der Waals surface area contributed by atoms with Gasteiger partial charge in [0.1, 0.15) is 0 Å². The SMILES string of the molecule is Cc1cc(S(=O)(=O)N(C)C)cc(NS(=O)(=O)c2ccc(C(C)C)cc2)c1C. The zero-order valence-electron chi connectivity index (χ0n) is 16.4. The first-order valence-corrected chi connectivity index (χ1v) is 11.4. The lowest BCUT2D eigenvalue weighted by atomic mass is 10.0. The van der Waals surface area contributed by atoms with Crippen molar-refractivity contribution in [3.05, 3.63) is 53.1 Å². The molecular weight excluding hydrogens is 384 g/mol. The smallest absolute Gasteiger partial charge is 0.261 e. The summed E-state index contributed by atoms with van der Waals surface area (Å²) in [6, 6.07) is 9.58. The summed E-state index contributed by atoms with van der Waals surface area (Å²) in [5.74, 6) is 0.299. The topological polar surface area (TPSA) is 83.6 Å². The number of hydrogen-bond acceptors (Lipinski definition) is 4. The summed E-state index contributed by atoms with van der Waals surface area (Å²) in [6.07, 6.45) is 0. The maximum atomic E-state index is 12.8. The Morgan fingerprint density at radius 1 is 0.889 bits per heavy atom. The summed E-state index contributed by atoms with van der Waals surface area (Å²) >= 11 is 0. The lowest BCUT2D eigenvalue weighted by molar-refractivity contribution is 0.520. The number of nitrogens with one attached hydrogen (secondary N) is 1. The first-order chi connectivity index (χ1) is 12.4. The monoisotopic (exact) mass is 410 g/mol. The predicted octanol–water partition coefficient (Wildman–Crippen LogP) is 3.48. The standard InChI is InChI=1S/C19H26N2O4S2/c1-13(2)16-7-9-17(10-8-16)26(22,23)20-19-12-18(11-14(3)15(19)4)27(24,25)21(5)6/h7-13,20H,1-6H3. The van der Waals surface area contributed by atoms with E-state index in [1.54, 1.807) is 44.2 Å². The molecule has 0 aliphatic rings. The van der Waals surface area contributed by atoms with Gasteiger partial charge in [-0.25, -0.2) is 21.1 Å². The molecule has 2 rings (SSSR count). The number of anilines is 1. The molecule has 0 aromatic heterocycles. The van der Waals surface area contributed by atoms with Crippen LogP contribution in [0.3, 0.4) is 0 Å². The van der Waals surface area contributed by atoms with Crippen molar-refractivity contribution in [2.24, 2.45) is 0 Å². The number of hydrogen-bond donors (Lipinski definition) is 1. The molecule has 2 aromatic rings. The summed E-state index contributed by atoms with van der Waals surface area (Å²) < 4.78 is 54.0. The molecule has 0 spiro atoms. The molecule has 2 aromatic carbocycles. The van der Waals surface area contributed by atoms with Crippen LogP contribution in [0, 0.1) is 13.8 Å². The van der Waals surface area contributed by atoms with Crippen LogP contribution >= 0.6 is 0 Å². The predicted molar refractivity (Wildman–Crippen MR) is 108 cm³/mol. The van der Waals surface area contributed by atoms with E-state index in [1.807, 2.05) is 13.8 Å². The van der Waals surface area contributed by atoms with Gasteiger partial charge in [0.25, 0.3) is 10.0 Å². The Morgan fingerprint density at radius 2 is 1.44 bits per heavy atom. The zero-order valence-corrected chi connectivity index (χ0v) is 18.1. The molecular formula is C19H26N2O4S2. The third-order valence-corrected chi connectivity index (χ3v) is 7.70. The van der Waals surface area contributed by atoms with Crippen molar-refractivity contribution in [1.82, 2.24) is 4.31 Å². The fourth-order valence-electron chi connectivity index (χ4n) is 2.53. The van der Waals surface area contributed by atoms with E-state index in [0.717, 1.165) is 9.87 Å². The van der Waals surface area contributed by atoms with Crippen molar-refractivity contribution in [3.63, 3.8) is 0 Å². The van der Waals surface area contributed by atoms with Crippen molar-refractivity contribution >= 4 is 25.7 Å². The lowest BCUT2D eigenvalue weighted by Crippen LogP contribution is -2.23. The van der Waals surface area contributed by atoms with Crippen LogP contribution in [-0.2, 0) is 20.0 Å². The molecule has 0 saturated carbocycles. The summed E-state index contributed by atoms with van der Waals surface area (Å²) in [5, 5.41) is 0. The molecule has 0 aliphatic heterocycles. The molecule has 0 heterocycles. The van der Waals surface area contributed by atoms with Crippen LogP contribution in [0.4, 0.5) is 5.69 Å². The molecule has 0 radical (unpaired) electrons. The number of benzene rings is 2. The summed E-state index contributed by atoms with van der Waals surface area (Å²) in [5.41, 5.74) is 2.66. The second-order valence-corrected chi connectivity index (χ2v) is 10.9. The normalized spacial score (nSPS) is 12.6. The van der Waals surface area contributed by atoms with Crippen molar-refractivity contribution < 1.29 is 16.8 Å². The van der Waals surface area contributed by atoms with Gasteiger partial charge in [-0.3, -0.25) is 4.72 Å². The van der Waals surface area contributed by atoms with Gasteiger partial charge in [-0.15, -0.1) is 0 Å². The van der Waals surface area contributed by atoms with Gasteiger partial charge in [-0.2, -0.15) is 0 Å². The van der Waals surface area contributed by atoms with Crippen molar-refractivity contribution in [2.45, 2.75) is 43.4 Å². The Bertz CT molecular complexity index is 1040. The van der Waals surface area contributed by atoms with Crippen LogP contribution in [0.1, 0.15) is 36.5 Å². The highest BCUT2D eigenvalue weighted by molar-refractivity contribution is 7.92. The maximum absolute atomic E-state index is 12.8. The van der Waals surface area contributed by atoms with Gasteiger partial charge in [-0.1, -0.05) is 26.0 Å². The number of rotatable bonds is 6. The highest BCUT2D eigenvalue weighted by Crippen LogP contribution is 2.28. The van der Waals surface area contributed by atoms with Crippen molar-refractivity contribution in [3.8, 4) is 0 Å². The number of nitrogens with zero attached hydrogens (tertiary/aromatic N) is 1. The van der Waals surface area contributed by atoms with E-state index in [2.05, 4.69) is 4.72 Å². The van der Waals surface area contributed by atoms with E-state index in [4.69, 9.17) is 0 Å². The minimum Gasteiger partial charge on any atom is -0.279 e. The van der Waals surface area contributed by atoms with Crippen LogP contribution < -0.4 is 4.72 Å². The summed E-state index contributed by atoms with van der Waals surface area (Å²) in [6.45, 7) is 7.56. The molecule has 0 atom stereocenters. The molecule has 0 amide bonds. The molecule has 27 heavy (non-hydrogen) atoms. The van der Waals surface area contributed by atoms with Crippen LogP contribution in [-0.4, -0.2) is 35.2 Å². The van der Waals surface area contributed by atoms with E-state index < -0.39 is 20.0 Å². The lowest BCUT2D eigenvalue weighted by Gasteiger charge is -2.17. The average molecular weight is 411 g/mol. The van der Waals surface area contributed by atoms with Gasteiger partial charge in [-0.05, 0) is 60.7 Å². The molecule has 1 N–H and O–H groups in total. The highest BCUT2D eigenvalue weighted by atomic mass is 32.2. The molecule has 8 heteroatoms. The van der Waals surface area contributed by atoms with Gasteiger partial charge in [0.2, 0.25) is 10.0 Å².